The molecule has 30 heavy (non-hydrogen) atoms. The van der Waals surface area contributed by atoms with Crippen molar-refractivity contribution in [3.8, 4) is 11.1 Å². The van der Waals surface area contributed by atoms with Gasteiger partial charge >= 0.3 is 0 Å². The zero-order valence-electron chi connectivity index (χ0n) is 16.5. The zero-order chi connectivity index (χ0) is 20.5. The quantitative estimate of drug-likeness (QED) is 0.446. The summed E-state index contributed by atoms with van der Waals surface area (Å²) >= 11 is 0. The lowest BCUT2D eigenvalue weighted by Crippen LogP contribution is -2.25. The van der Waals surface area contributed by atoms with Crippen molar-refractivity contribution < 1.29 is 9.53 Å². The van der Waals surface area contributed by atoms with Crippen LogP contribution in [0.5, 0.6) is 0 Å². The number of hydrogen-bond donors (Lipinski definition) is 0. The molecule has 146 valence electrons. The van der Waals surface area contributed by atoms with Crippen LogP contribution in [0.25, 0.3) is 21.9 Å². The van der Waals surface area contributed by atoms with Gasteiger partial charge in [-0.25, -0.2) is 0 Å². The average Bonchev–Trinajstić information content (AvgIpc) is 3.25. The predicted octanol–water partition coefficient (Wildman–Crippen LogP) is 5.75. The molecule has 0 saturated carbocycles. The SMILES string of the molecule is CC(=O)N1N=C(c2ccc(-c3ccccc3)cc2)O[C@H]1c1ccc2ccccc2c1. The summed E-state index contributed by atoms with van der Waals surface area (Å²) in [7, 11) is 0. The summed E-state index contributed by atoms with van der Waals surface area (Å²) in [6, 6.07) is 32.4. The Bertz CT molecular complexity index is 1250. The monoisotopic (exact) mass is 392 g/mol. The predicted molar refractivity (Wildman–Crippen MR) is 119 cm³/mol. The van der Waals surface area contributed by atoms with E-state index in [2.05, 4.69) is 29.4 Å². The first-order valence-electron chi connectivity index (χ1n) is 9.89. The maximum Gasteiger partial charge on any atom is 0.243 e. The van der Waals surface area contributed by atoms with Crippen LogP contribution in [0.4, 0.5) is 0 Å². The van der Waals surface area contributed by atoms with Gasteiger partial charge < -0.3 is 4.74 Å². The molecule has 1 heterocycles. The Labute approximate surface area is 175 Å². The van der Waals surface area contributed by atoms with Gasteiger partial charge in [-0.05, 0) is 40.1 Å². The first kappa shape index (κ1) is 18.1. The lowest BCUT2D eigenvalue weighted by atomic mass is 10.0. The number of carbonyl (C=O) groups is 1. The minimum Gasteiger partial charge on any atom is -0.446 e. The van der Waals surface area contributed by atoms with Crippen LogP contribution in [0.2, 0.25) is 0 Å². The van der Waals surface area contributed by atoms with Crippen molar-refractivity contribution in [1.29, 1.82) is 0 Å². The summed E-state index contributed by atoms with van der Waals surface area (Å²) in [6.07, 6.45) is -0.573. The van der Waals surface area contributed by atoms with E-state index in [0.29, 0.717) is 5.90 Å². The van der Waals surface area contributed by atoms with E-state index in [9.17, 15) is 4.79 Å². The van der Waals surface area contributed by atoms with E-state index >= 15 is 0 Å². The minimum absolute atomic E-state index is 0.163. The minimum atomic E-state index is -0.573. The molecule has 0 unspecified atom stereocenters. The van der Waals surface area contributed by atoms with Crippen molar-refractivity contribution in [2.45, 2.75) is 13.2 Å². The van der Waals surface area contributed by atoms with Crippen LogP contribution in [-0.2, 0) is 9.53 Å². The van der Waals surface area contributed by atoms with Crippen molar-refractivity contribution in [2.75, 3.05) is 0 Å². The van der Waals surface area contributed by atoms with Crippen LogP contribution in [0.1, 0.15) is 24.3 Å². The van der Waals surface area contributed by atoms with Gasteiger partial charge in [-0.3, -0.25) is 4.79 Å². The van der Waals surface area contributed by atoms with E-state index in [1.54, 1.807) is 0 Å². The molecule has 0 radical (unpaired) electrons. The molecule has 5 rings (SSSR count). The van der Waals surface area contributed by atoms with Crippen molar-refractivity contribution in [3.05, 3.63) is 108 Å². The van der Waals surface area contributed by atoms with Gasteiger partial charge in [0.05, 0.1) is 0 Å². The number of hydrogen-bond acceptors (Lipinski definition) is 3. The number of nitrogens with zero attached hydrogens (tertiary/aromatic N) is 2. The number of benzene rings is 4. The summed E-state index contributed by atoms with van der Waals surface area (Å²) in [5.41, 5.74) is 4.00. The zero-order valence-corrected chi connectivity index (χ0v) is 16.5. The van der Waals surface area contributed by atoms with Crippen LogP contribution < -0.4 is 0 Å². The molecule has 1 atom stereocenters. The molecule has 0 saturated heterocycles. The molecule has 4 heteroatoms. The molecule has 4 aromatic rings. The fourth-order valence-corrected chi connectivity index (χ4v) is 3.70. The Morgan fingerprint density at radius 2 is 1.40 bits per heavy atom. The Morgan fingerprint density at radius 1 is 0.767 bits per heavy atom. The van der Waals surface area contributed by atoms with Crippen molar-refractivity contribution in [2.24, 2.45) is 5.10 Å². The highest BCUT2D eigenvalue weighted by Gasteiger charge is 2.33. The Kier molecular flexibility index (Phi) is 4.52. The number of carbonyl (C=O) groups excluding carboxylic acids is 1. The van der Waals surface area contributed by atoms with Gasteiger partial charge in [0, 0.05) is 18.1 Å². The molecule has 4 nitrogen and oxygen atoms in total. The molecule has 0 bridgehead atoms. The van der Waals surface area contributed by atoms with Crippen LogP contribution in [-0.4, -0.2) is 16.8 Å². The number of hydrazone groups is 1. The van der Waals surface area contributed by atoms with Gasteiger partial charge in [-0.1, -0.05) is 78.9 Å². The Balaban J connectivity index is 1.45. The molecule has 1 amide bonds. The first-order valence-corrected chi connectivity index (χ1v) is 9.89. The lowest BCUT2D eigenvalue weighted by molar-refractivity contribution is -0.135. The van der Waals surface area contributed by atoms with Crippen molar-refractivity contribution in [3.63, 3.8) is 0 Å². The highest BCUT2D eigenvalue weighted by atomic mass is 16.5. The molecule has 1 aliphatic rings. The molecular weight excluding hydrogens is 372 g/mol. The molecular formula is C26H20N2O2. The maximum absolute atomic E-state index is 12.2. The largest absolute Gasteiger partial charge is 0.446 e. The van der Waals surface area contributed by atoms with E-state index in [-0.39, 0.29) is 5.91 Å². The lowest BCUT2D eigenvalue weighted by Gasteiger charge is -2.19. The number of rotatable bonds is 3. The smallest absolute Gasteiger partial charge is 0.243 e. The molecule has 0 aliphatic carbocycles. The van der Waals surface area contributed by atoms with Crippen molar-refractivity contribution in [1.82, 2.24) is 5.01 Å². The average molecular weight is 392 g/mol. The second kappa shape index (κ2) is 7.48. The molecule has 4 aromatic carbocycles. The highest BCUT2D eigenvalue weighted by Crippen LogP contribution is 2.32. The van der Waals surface area contributed by atoms with E-state index in [1.807, 2.05) is 72.8 Å². The topological polar surface area (TPSA) is 41.9 Å². The molecule has 1 aliphatic heterocycles. The second-order valence-corrected chi connectivity index (χ2v) is 7.29. The molecule has 0 N–H and O–H groups in total. The van der Waals surface area contributed by atoms with Gasteiger partial charge in [-0.15, -0.1) is 5.10 Å². The Hall–Kier alpha value is -3.92. The van der Waals surface area contributed by atoms with E-state index in [1.165, 1.54) is 11.9 Å². The van der Waals surface area contributed by atoms with Crippen LogP contribution in [0.3, 0.4) is 0 Å². The van der Waals surface area contributed by atoms with Gasteiger partial charge in [0.15, 0.2) is 0 Å². The normalized spacial score (nSPS) is 15.7. The van der Waals surface area contributed by atoms with Gasteiger partial charge in [0.2, 0.25) is 18.0 Å². The van der Waals surface area contributed by atoms with E-state index in [0.717, 1.165) is 33.0 Å². The van der Waals surface area contributed by atoms with Crippen LogP contribution >= 0.6 is 0 Å². The van der Waals surface area contributed by atoms with E-state index in [4.69, 9.17) is 4.74 Å². The summed E-state index contributed by atoms with van der Waals surface area (Å²) < 4.78 is 6.16. The number of amides is 1. The third kappa shape index (κ3) is 3.33. The third-order valence-electron chi connectivity index (χ3n) is 5.26. The van der Waals surface area contributed by atoms with Gasteiger partial charge in [0.1, 0.15) is 0 Å². The van der Waals surface area contributed by atoms with Crippen molar-refractivity contribution >= 4 is 22.6 Å². The molecule has 0 aromatic heterocycles. The summed E-state index contributed by atoms with van der Waals surface area (Å²) in [5.74, 6) is 0.284. The highest BCUT2D eigenvalue weighted by molar-refractivity contribution is 5.97. The summed E-state index contributed by atoms with van der Waals surface area (Å²) in [6.45, 7) is 1.50. The van der Waals surface area contributed by atoms with Gasteiger partial charge in [0.25, 0.3) is 0 Å². The van der Waals surface area contributed by atoms with Crippen LogP contribution in [0, 0.1) is 0 Å². The molecule has 0 fully saturated rings. The standard InChI is InChI=1S/C26H20N2O2/c1-18(29)28-26(24-16-13-20-9-5-6-10-23(20)17-24)30-25(27-28)22-14-11-21(12-15-22)19-7-3-2-4-8-19/h2-17,26H,1H3/t26-/m0/s1. The molecule has 0 spiro atoms. The fraction of sp³-hybridized carbons (Fsp3) is 0.0769. The second-order valence-electron chi connectivity index (χ2n) is 7.29. The number of fused-ring (bicyclic) bond motifs is 1. The fourth-order valence-electron chi connectivity index (χ4n) is 3.70. The van der Waals surface area contributed by atoms with Gasteiger partial charge in [-0.2, -0.15) is 5.01 Å². The van der Waals surface area contributed by atoms with Crippen LogP contribution in [0.15, 0.2) is 102 Å². The summed E-state index contributed by atoms with van der Waals surface area (Å²) in [5, 5.41) is 8.13. The summed E-state index contributed by atoms with van der Waals surface area (Å²) in [4.78, 5) is 12.2. The Morgan fingerprint density at radius 3 is 2.13 bits per heavy atom. The van der Waals surface area contributed by atoms with E-state index < -0.39 is 6.23 Å². The first-order chi connectivity index (χ1) is 14.7. The number of ether oxygens (including phenoxy) is 1. The third-order valence-corrected chi connectivity index (χ3v) is 5.26. The maximum atomic E-state index is 12.2.